The fraction of sp³-hybridized carbons (Fsp3) is 0.600. The van der Waals surface area contributed by atoms with Gasteiger partial charge >= 0.3 is 0 Å². The van der Waals surface area contributed by atoms with Crippen LogP contribution in [0.1, 0.15) is 41.1 Å². The minimum Gasteiger partial charge on any atom is -0.355 e. The number of nitrogens with zero attached hydrogens (tertiary/aromatic N) is 4. The molecule has 1 spiro atoms. The molecule has 0 aromatic carbocycles. The molecule has 0 bridgehead atoms. The maximum atomic E-state index is 4.37. The van der Waals surface area contributed by atoms with Crippen molar-refractivity contribution in [2.75, 3.05) is 31.1 Å². The number of hydrogen-bond donors (Lipinski definition) is 0. The molecule has 2 aliphatic heterocycles. The Morgan fingerprint density at radius 1 is 0.920 bits per heavy atom. The number of aromatic nitrogens is 2. The van der Waals surface area contributed by atoms with Crippen molar-refractivity contribution in [3.63, 3.8) is 0 Å². The van der Waals surface area contributed by atoms with Gasteiger partial charge < -0.3 is 4.90 Å². The first-order valence-corrected chi connectivity index (χ1v) is 10.3. The smallest absolute Gasteiger partial charge is 0.151 e. The van der Waals surface area contributed by atoms with Crippen molar-refractivity contribution in [2.45, 2.75) is 46.1 Å². The maximum absolute atomic E-state index is 4.37. The number of aryl methyl sites for hydroxylation is 2. The first-order valence-electron chi connectivity index (χ1n) is 9.45. The average molecular weight is 357 g/mol. The highest BCUT2D eigenvalue weighted by Gasteiger charge is 2.37. The molecular formula is C20H28N4S. The molecule has 0 atom stereocenters. The van der Waals surface area contributed by atoms with Crippen molar-refractivity contribution in [3.05, 3.63) is 39.7 Å². The molecule has 0 radical (unpaired) electrons. The monoisotopic (exact) mass is 356 g/mol. The number of rotatable bonds is 3. The van der Waals surface area contributed by atoms with E-state index in [0.29, 0.717) is 5.41 Å². The van der Waals surface area contributed by atoms with Crippen molar-refractivity contribution in [1.29, 1.82) is 0 Å². The average Bonchev–Trinajstić information content (AvgIpc) is 3.04. The zero-order valence-electron chi connectivity index (χ0n) is 15.4. The molecule has 4 rings (SSSR count). The van der Waals surface area contributed by atoms with Crippen molar-refractivity contribution in [2.24, 2.45) is 5.41 Å². The highest BCUT2D eigenvalue weighted by Crippen LogP contribution is 2.42. The van der Waals surface area contributed by atoms with Crippen molar-refractivity contribution >= 4 is 17.2 Å². The molecular weight excluding hydrogens is 328 g/mol. The van der Waals surface area contributed by atoms with Gasteiger partial charge in [0.1, 0.15) is 0 Å². The lowest BCUT2D eigenvalue weighted by Crippen LogP contribution is -2.46. The summed E-state index contributed by atoms with van der Waals surface area (Å²) >= 11 is 1.95. The van der Waals surface area contributed by atoms with E-state index in [0.717, 1.165) is 31.1 Å². The lowest BCUT2D eigenvalue weighted by molar-refractivity contribution is 0.0762. The van der Waals surface area contributed by atoms with E-state index in [1.165, 1.54) is 48.5 Å². The second-order valence-corrected chi connectivity index (χ2v) is 9.18. The van der Waals surface area contributed by atoms with Crippen LogP contribution in [0.2, 0.25) is 0 Å². The van der Waals surface area contributed by atoms with Crippen LogP contribution in [0.5, 0.6) is 0 Å². The fourth-order valence-electron chi connectivity index (χ4n) is 4.25. The summed E-state index contributed by atoms with van der Waals surface area (Å²) in [5.74, 6) is 1.05. The van der Waals surface area contributed by atoms with Gasteiger partial charge in [-0.15, -0.1) is 16.4 Å². The van der Waals surface area contributed by atoms with E-state index in [4.69, 9.17) is 0 Å². The van der Waals surface area contributed by atoms with Crippen LogP contribution in [0.4, 0.5) is 5.82 Å². The van der Waals surface area contributed by atoms with Gasteiger partial charge in [0.2, 0.25) is 0 Å². The zero-order chi connectivity index (χ0) is 17.3. The van der Waals surface area contributed by atoms with Gasteiger partial charge in [0.05, 0.1) is 5.69 Å². The standard InChI is InChI=1S/C20H28N4S/c1-16-3-6-19(22-21-16)24-13-9-20(10-14-24)7-11-23(12-8-20)15-18-5-4-17(2)25-18/h3-6H,7-15H2,1-2H3. The van der Waals surface area contributed by atoms with Gasteiger partial charge in [0, 0.05) is 29.4 Å². The van der Waals surface area contributed by atoms with Crippen LogP contribution in [0.3, 0.4) is 0 Å². The SMILES string of the molecule is Cc1ccc(N2CCC3(CCN(Cc4ccc(C)s4)CC3)CC2)nn1. The van der Waals surface area contributed by atoms with Gasteiger partial charge in [-0.05, 0) is 82.3 Å². The third-order valence-electron chi connectivity index (χ3n) is 6.02. The molecule has 4 nitrogen and oxygen atoms in total. The number of thiophene rings is 1. The summed E-state index contributed by atoms with van der Waals surface area (Å²) in [4.78, 5) is 8.00. The van der Waals surface area contributed by atoms with Crippen LogP contribution < -0.4 is 4.90 Å². The Hall–Kier alpha value is -1.46. The Balaban J connectivity index is 1.29. The van der Waals surface area contributed by atoms with E-state index < -0.39 is 0 Å². The molecule has 0 saturated carbocycles. The van der Waals surface area contributed by atoms with Crippen LogP contribution >= 0.6 is 11.3 Å². The van der Waals surface area contributed by atoms with Gasteiger partial charge in [-0.25, -0.2) is 0 Å². The molecule has 2 saturated heterocycles. The zero-order valence-corrected chi connectivity index (χ0v) is 16.2. The highest BCUT2D eigenvalue weighted by atomic mass is 32.1. The summed E-state index contributed by atoms with van der Waals surface area (Å²) < 4.78 is 0. The topological polar surface area (TPSA) is 32.3 Å². The minimum absolute atomic E-state index is 0.566. The van der Waals surface area contributed by atoms with E-state index in [-0.39, 0.29) is 0 Å². The van der Waals surface area contributed by atoms with Gasteiger partial charge in [-0.2, -0.15) is 5.10 Å². The Morgan fingerprint density at radius 2 is 1.64 bits per heavy atom. The van der Waals surface area contributed by atoms with Crippen LogP contribution in [0.15, 0.2) is 24.3 Å². The van der Waals surface area contributed by atoms with Crippen LogP contribution in [-0.4, -0.2) is 41.3 Å². The molecule has 2 aromatic heterocycles. The summed E-state index contributed by atoms with van der Waals surface area (Å²) in [5, 5.41) is 8.58. The molecule has 0 aliphatic carbocycles. The van der Waals surface area contributed by atoms with Crippen LogP contribution in [0, 0.1) is 19.3 Å². The third kappa shape index (κ3) is 3.87. The second-order valence-electron chi connectivity index (χ2n) is 7.81. The molecule has 25 heavy (non-hydrogen) atoms. The molecule has 0 N–H and O–H groups in total. The highest BCUT2D eigenvalue weighted by molar-refractivity contribution is 7.11. The predicted molar refractivity (Wildman–Crippen MR) is 104 cm³/mol. The normalized spacial score (nSPS) is 21.0. The van der Waals surface area contributed by atoms with Crippen LogP contribution in [0.25, 0.3) is 0 Å². The molecule has 4 heterocycles. The number of anilines is 1. The van der Waals surface area contributed by atoms with E-state index >= 15 is 0 Å². The second kappa shape index (κ2) is 7.04. The molecule has 2 aliphatic rings. The van der Waals surface area contributed by atoms with Gasteiger partial charge in [0.25, 0.3) is 0 Å². The van der Waals surface area contributed by atoms with Crippen molar-refractivity contribution in [3.8, 4) is 0 Å². The van der Waals surface area contributed by atoms with E-state index in [1.807, 2.05) is 18.3 Å². The van der Waals surface area contributed by atoms with Crippen LogP contribution in [-0.2, 0) is 6.54 Å². The first-order chi connectivity index (χ1) is 12.1. The van der Waals surface area contributed by atoms with Gasteiger partial charge in [0.15, 0.2) is 5.82 Å². The van der Waals surface area contributed by atoms with Gasteiger partial charge in [-0.1, -0.05) is 0 Å². The quantitative estimate of drug-likeness (QED) is 0.831. The molecule has 2 aromatic rings. The lowest BCUT2D eigenvalue weighted by atomic mass is 9.71. The molecule has 134 valence electrons. The largest absolute Gasteiger partial charge is 0.355 e. The molecule has 2 fully saturated rings. The number of hydrogen-bond acceptors (Lipinski definition) is 5. The number of likely N-dealkylation sites (tertiary alicyclic amines) is 1. The Kier molecular flexibility index (Phi) is 4.78. The Labute approximate surface area is 154 Å². The van der Waals surface area contributed by atoms with E-state index in [1.54, 1.807) is 0 Å². The Morgan fingerprint density at radius 3 is 2.24 bits per heavy atom. The summed E-state index contributed by atoms with van der Waals surface area (Å²) in [5.41, 5.74) is 1.56. The van der Waals surface area contributed by atoms with Crippen molar-refractivity contribution in [1.82, 2.24) is 15.1 Å². The maximum Gasteiger partial charge on any atom is 0.151 e. The Bertz CT molecular complexity index is 691. The van der Waals surface area contributed by atoms with E-state index in [9.17, 15) is 0 Å². The van der Waals surface area contributed by atoms with E-state index in [2.05, 4.69) is 51.2 Å². The van der Waals surface area contributed by atoms with Gasteiger partial charge in [-0.3, -0.25) is 4.90 Å². The minimum atomic E-state index is 0.566. The predicted octanol–water partition coefficient (Wildman–Crippen LogP) is 4.04. The summed E-state index contributed by atoms with van der Waals surface area (Å²) in [6, 6.07) is 8.73. The molecule has 0 unspecified atom stereocenters. The summed E-state index contributed by atoms with van der Waals surface area (Å²) in [6.45, 7) is 10.1. The summed E-state index contributed by atoms with van der Waals surface area (Å²) in [7, 11) is 0. The molecule has 0 amide bonds. The lowest BCUT2D eigenvalue weighted by Gasteiger charge is -2.47. The fourth-order valence-corrected chi connectivity index (χ4v) is 5.18. The van der Waals surface area contributed by atoms with Crippen molar-refractivity contribution < 1.29 is 0 Å². The molecule has 5 heteroatoms. The summed E-state index contributed by atoms with van der Waals surface area (Å²) in [6.07, 6.45) is 5.30. The third-order valence-corrected chi connectivity index (χ3v) is 7.01. The number of piperidine rings is 2. The first kappa shape index (κ1) is 17.0.